The smallest absolute Gasteiger partial charge is 0.255 e. The van der Waals surface area contributed by atoms with Crippen molar-refractivity contribution in [3.05, 3.63) is 89.2 Å². The highest BCUT2D eigenvalue weighted by molar-refractivity contribution is 5.61. The molecule has 0 fully saturated rings. The molecule has 1 unspecified atom stereocenters. The summed E-state index contributed by atoms with van der Waals surface area (Å²) in [5.74, 6) is 1.63. The maximum absolute atomic E-state index is 12.5. The molecule has 7 heteroatoms. The van der Waals surface area contributed by atoms with Crippen molar-refractivity contribution in [3.63, 3.8) is 0 Å². The van der Waals surface area contributed by atoms with E-state index in [1.54, 1.807) is 23.9 Å². The molecule has 0 spiro atoms. The summed E-state index contributed by atoms with van der Waals surface area (Å²) >= 11 is 0. The molecule has 0 saturated carbocycles. The van der Waals surface area contributed by atoms with Crippen LogP contribution in [0.3, 0.4) is 0 Å². The van der Waals surface area contributed by atoms with Gasteiger partial charge in [0.25, 0.3) is 5.56 Å². The number of nitrogens with zero attached hydrogens (tertiary/aromatic N) is 4. The lowest BCUT2D eigenvalue weighted by atomic mass is 10.1. The lowest BCUT2D eigenvalue weighted by Gasteiger charge is -2.13. The summed E-state index contributed by atoms with van der Waals surface area (Å²) in [6.45, 7) is 4.88. The highest BCUT2D eigenvalue weighted by Gasteiger charge is 2.08. The van der Waals surface area contributed by atoms with Crippen LogP contribution in [0.1, 0.15) is 25.8 Å². The quantitative estimate of drug-likeness (QED) is 0.450. The number of hydrogen-bond donors (Lipinski definition) is 1. The summed E-state index contributed by atoms with van der Waals surface area (Å²) in [5, 5.41) is 7.81. The Hall–Kier alpha value is -3.87. The van der Waals surface area contributed by atoms with E-state index in [-0.39, 0.29) is 5.56 Å². The van der Waals surface area contributed by atoms with Gasteiger partial charge in [0.05, 0.1) is 31.7 Å². The highest BCUT2D eigenvalue weighted by atomic mass is 16.5. The number of ether oxygens (including phenoxy) is 1. The molecule has 0 bridgehead atoms. The lowest BCUT2D eigenvalue weighted by molar-refractivity contribution is 0.414. The average Bonchev–Trinajstić information content (AvgIpc) is 3.29. The van der Waals surface area contributed by atoms with Gasteiger partial charge in [-0.3, -0.25) is 14.0 Å². The minimum Gasteiger partial charge on any atom is -0.497 e. The maximum Gasteiger partial charge on any atom is 0.255 e. The summed E-state index contributed by atoms with van der Waals surface area (Å²) < 4.78 is 8.69. The standard InChI is InChI=1S/C25H27N5O2/c1-4-18(2)28-24-11-8-22(14-26-24)30-17-20(7-12-25(30)31)21-13-27-29(16-21)15-19-5-9-23(32-3)10-6-19/h5-14,16-18H,4,15H2,1-3H3,(H,26,28). The van der Waals surface area contributed by atoms with Crippen LogP contribution >= 0.6 is 0 Å². The molecule has 3 heterocycles. The van der Waals surface area contributed by atoms with Crippen molar-refractivity contribution >= 4 is 5.82 Å². The van der Waals surface area contributed by atoms with E-state index in [2.05, 4.69) is 29.2 Å². The summed E-state index contributed by atoms with van der Waals surface area (Å²) in [7, 11) is 1.66. The maximum atomic E-state index is 12.5. The normalized spacial score (nSPS) is 11.8. The predicted molar refractivity (Wildman–Crippen MR) is 127 cm³/mol. The Kier molecular flexibility index (Phi) is 6.35. The third-order valence-corrected chi connectivity index (χ3v) is 5.41. The van der Waals surface area contributed by atoms with Gasteiger partial charge in [0.15, 0.2) is 0 Å². The van der Waals surface area contributed by atoms with Crippen LogP contribution in [0.2, 0.25) is 0 Å². The Balaban J connectivity index is 1.54. The summed E-state index contributed by atoms with van der Waals surface area (Å²) in [6.07, 6.45) is 8.34. The van der Waals surface area contributed by atoms with E-state index < -0.39 is 0 Å². The van der Waals surface area contributed by atoms with Crippen LogP contribution in [-0.4, -0.2) is 32.5 Å². The van der Waals surface area contributed by atoms with Gasteiger partial charge in [0.1, 0.15) is 11.6 Å². The monoisotopic (exact) mass is 429 g/mol. The Labute approximate surface area is 187 Å². The van der Waals surface area contributed by atoms with Gasteiger partial charge in [0, 0.05) is 35.6 Å². The fraction of sp³-hybridized carbons (Fsp3) is 0.240. The largest absolute Gasteiger partial charge is 0.497 e. The van der Waals surface area contributed by atoms with Crippen molar-refractivity contribution in [1.82, 2.24) is 19.3 Å². The molecule has 0 amide bonds. The number of benzene rings is 1. The molecule has 7 nitrogen and oxygen atoms in total. The first-order chi connectivity index (χ1) is 15.6. The van der Waals surface area contributed by atoms with Gasteiger partial charge in [-0.1, -0.05) is 19.1 Å². The molecule has 1 atom stereocenters. The number of aromatic nitrogens is 4. The number of nitrogens with one attached hydrogen (secondary N) is 1. The highest BCUT2D eigenvalue weighted by Crippen LogP contribution is 2.20. The van der Waals surface area contributed by atoms with Crippen LogP contribution in [0.5, 0.6) is 5.75 Å². The number of pyridine rings is 2. The number of anilines is 1. The first-order valence-corrected chi connectivity index (χ1v) is 10.7. The molecule has 0 aliphatic carbocycles. The minimum atomic E-state index is -0.108. The van der Waals surface area contributed by atoms with Gasteiger partial charge >= 0.3 is 0 Å². The molecule has 0 aliphatic rings. The second kappa shape index (κ2) is 9.51. The second-order valence-corrected chi connectivity index (χ2v) is 7.76. The van der Waals surface area contributed by atoms with Crippen LogP contribution < -0.4 is 15.6 Å². The van der Waals surface area contributed by atoms with Crippen LogP contribution in [0, 0.1) is 0 Å². The fourth-order valence-electron chi connectivity index (χ4n) is 3.35. The van der Waals surface area contributed by atoms with E-state index in [1.807, 2.05) is 65.7 Å². The fourth-order valence-corrected chi connectivity index (χ4v) is 3.35. The third-order valence-electron chi connectivity index (χ3n) is 5.41. The van der Waals surface area contributed by atoms with Gasteiger partial charge in [-0.05, 0) is 49.2 Å². The molecular formula is C25H27N5O2. The van der Waals surface area contributed by atoms with E-state index in [0.717, 1.165) is 40.4 Å². The van der Waals surface area contributed by atoms with Gasteiger partial charge in [-0.2, -0.15) is 5.10 Å². The zero-order valence-electron chi connectivity index (χ0n) is 18.5. The molecule has 0 radical (unpaired) electrons. The van der Waals surface area contributed by atoms with E-state index >= 15 is 0 Å². The summed E-state index contributed by atoms with van der Waals surface area (Å²) in [6, 6.07) is 15.4. The molecule has 3 aromatic heterocycles. The van der Waals surface area contributed by atoms with E-state index in [4.69, 9.17) is 4.74 Å². The Morgan fingerprint density at radius 2 is 1.81 bits per heavy atom. The summed E-state index contributed by atoms with van der Waals surface area (Å²) in [4.78, 5) is 17.0. The molecule has 164 valence electrons. The van der Waals surface area contributed by atoms with Gasteiger partial charge in [0.2, 0.25) is 0 Å². The van der Waals surface area contributed by atoms with Crippen LogP contribution in [0.15, 0.2) is 78.1 Å². The van der Waals surface area contributed by atoms with Gasteiger partial charge in [-0.25, -0.2) is 4.98 Å². The van der Waals surface area contributed by atoms with Crippen molar-refractivity contribution in [1.29, 1.82) is 0 Å². The Bertz CT molecular complexity index is 1230. The topological polar surface area (TPSA) is 74.0 Å². The van der Waals surface area contributed by atoms with Crippen molar-refractivity contribution in [2.75, 3.05) is 12.4 Å². The van der Waals surface area contributed by atoms with E-state index in [0.29, 0.717) is 12.6 Å². The number of hydrogen-bond acceptors (Lipinski definition) is 5. The molecule has 4 rings (SSSR count). The van der Waals surface area contributed by atoms with E-state index in [9.17, 15) is 4.79 Å². The molecule has 1 N–H and O–H groups in total. The number of methoxy groups -OCH3 is 1. The van der Waals surface area contributed by atoms with Gasteiger partial charge < -0.3 is 10.1 Å². The van der Waals surface area contributed by atoms with Crippen molar-refractivity contribution in [3.8, 4) is 22.6 Å². The first kappa shape index (κ1) is 21.4. The van der Waals surface area contributed by atoms with Crippen molar-refractivity contribution < 1.29 is 4.74 Å². The SMILES string of the molecule is CCC(C)Nc1ccc(-n2cc(-c3cnn(Cc4ccc(OC)cc4)c3)ccc2=O)cn1. The van der Waals surface area contributed by atoms with E-state index in [1.165, 1.54) is 0 Å². The predicted octanol–water partition coefficient (Wildman–Crippen LogP) is 4.36. The minimum absolute atomic E-state index is 0.108. The van der Waals surface area contributed by atoms with Crippen molar-refractivity contribution in [2.45, 2.75) is 32.9 Å². The molecule has 0 aliphatic heterocycles. The first-order valence-electron chi connectivity index (χ1n) is 10.7. The van der Waals surface area contributed by atoms with Crippen LogP contribution in [-0.2, 0) is 6.54 Å². The lowest BCUT2D eigenvalue weighted by Crippen LogP contribution is -2.17. The molecule has 1 aromatic carbocycles. The van der Waals surface area contributed by atoms with Crippen LogP contribution in [0.4, 0.5) is 5.82 Å². The molecule has 4 aromatic rings. The zero-order valence-corrected chi connectivity index (χ0v) is 18.5. The van der Waals surface area contributed by atoms with Crippen molar-refractivity contribution in [2.24, 2.45) is 0 Å². The second-order valence-electron chi connectivity index (χ2n) is 7.76. The molecule has 32 heavy (non-hydrogen) atoms. The zero-order chi connectivity index (χ0) is 22.5. The van der Waals surface area contributed by atoms with Gasteiger partial charge in [-0.15, -0.1) is 0 Å². The summed E-state index contributed by atoms with van der Waals surface area (Å²) in [5.41, 5.74) is 3.59. The number of rotatable bonds is 8. The molecule has 0 saturated heterocycles. The Morgan fingerprint density at radius 1 is 1.00 bits per heavy atom. The van der Waals surface area contributed by atoms with Crippen LogP contribution in [0.25, 0.3) is 16.8 Å². The average molecular weight is 430 g/mol. The molecular weight excluding hydrogens is 402 g/mol. The Morgan fingerprint density at radius 3 is 2.50 bits per heavy atom. The third kappa shape index (κ3) is 4.88.